The summed E-state index contributed by atoms with van der Waals surface area (Å²) in [4.78, 5) is 33.7. The second-order valence-electron chi connectivity index (χ2n) is 8.04. The van der Waals surface area contributed by atoms with Gasteiger partial charge in [-0.2, -0.15) is 4.98 Å². The minimum atomic E-state index is -0.339. The van der Waals surface area contributed by atoms with Gasteiger partial charge in [0.05, 0.1) is 19.2 Å². The Bertz CT molecular complexity index is 1200. The molecule has 0 unspecified atom stereocenters. The highest BCUT2D eigenvalue weighted by Gasteiger charge is 2.30. The van der Waals surface area contributed by atoms with Gasteiger partial charge < -0.3 is 14.2 Å². The van der Waals surface area contributed by atoms with E-state index >= 15 is 0 Å². The SMILES string of the molecule is CCCn1c(=O)n(Cc2ccc(Cl)cc2)c(=O)c2c1nc(N1CCC[C@H]1COC)n2C. The first-order valence-electron chi connectivity index (χ1n) is 10.7. The zero-order chi connectivity index (χ0) is 22.1. The summed E-state index contributed by atoms with van der Waals surface area (Å²) in [6, 6.07) is 7.39. The molecule has 3 heterocycles. The molecular weight excluding hydrogens is 418 g/mol. The number of benzene rings is 1. The summed E-state index contributed by atoms with van der Waals surface area (Å²) in [5.41, 5.74) is 1.07. The van der Waals surface area contributed by atoms with E-state index in [4.69, 9.17) is 21.3 Å². The molecule has 0 spiro atoms. The topological polar surface area (TPSA) is 74.3 Å². The number of ether oxygens (including phenoxy) is 1. The second-order valence-corrected chi connectivity index (χ2v) is 8.48. The minimum Gasteiger partial charge on any atom is -0.383 e. The molecule has 0 amide bonds. The molecule has 1 aromatic carbocycles. The number of aromatic nitrogens is 4. The van der Waals surface area contributed by atoms with E-state index in [1.165, 1.54) is 4.57 Å². The van der Waals surface area contributed by atoms with Crippen LogP contribution in [0.1, 0.15) is 31.7 Å². The van der Waals surface area contributed by atoms with Crippen molar-refractivity contribution in [2.24, 2.45) is 7.05 Å². The molecule has 1 aliphatic rings. The van der Waals surface area contributed by atoms with Crippen LogP contribution in [0, 0.1) is 0 Å². The predicted molar refractivity (Wildman–Crippen MR) is 122 cm³/mol. The van der Waals surface area contributed by atoms with Crippen molar-refractivity contribution < 1.29 is 4.74 Å². The van der Waals surface area contributed by atoms with E-state index in [2.05, 4.69) is 4.90 Å². The van der Waals surface area contributed by atoms with Gasteiger partial charge in [0.1, 0.15) is 0 Å². The van der Waals surface area contributed by atoms with Gasteiger partial charge in [0, 0.05) is 32.3 Å². The fourth-order valence-corrected chi connectivity index (χ4v) is 4.54. The van der Waals surface area contributed by atoms with Crippen molar-refractivity contribution in [1.29, 1.82) is 0 Å². The van der Waals surface area contributed by atoms with Crippen LogP contribution in [0.3, 0.4) is 0 Å². The number of fused-ring (bicyclic) bond motifs is 1. The summed E-state index contributed by atoms with van der Waals surface area (Å²) in [6.45, 7) is 4.14. The zero-order valence-corrected chi connectivity index (χ0v) is 18.9. The van der Waals surface area contributed by atoms with Crippen molar-refractivity contribution in [3.8, 4) is 0 Å². The highest BCUT2D eigenvalue weighted by Crippen LogP contribution is 2.27. The molecule has 0 N–H and O–H groups in total. The number of imidazole rings is 1. The Kier molecular flexibility index (Phi) is 6.20. The van der Waals surface area contributed by atoms with Crippen LogP contribution < -0.4 is 16.1 Å². The van der Waals surface area contributed by atoms with Gasteiger partial charge in [0.25, 0.3) is 5.56 Å². The van der Waals surface area contributed by atoms with Crippen molar-refractivity contribution in [2.45, 2.75) is 45.3 Å². The molecule has 9 heteroatoms. The molecule has 0 bridgehead atoms. The quantitative estimate of drug-likeness (QED) is 0.559. The zero-order valence-electron chi connectivity index (χ0n) is 18.2. The number of halogens is 1. The maximum Gasteiger partial charge on any atom is 0.333 e. The number of hydrogen-bond acceptors (Lipinski definition) is 5. The van der Waals surface area contributed by atoms with Crippen LogP contribution in [-0.2, 0) is 24.9 Å². The lowest BCUT2D eigenvalue weighted by molar-refractivity contribution is 0.180. The van der Waals surface area contributed by atoms with E-state index in [1.807, 2.05) is 30.7 Å². The predicted octanol–water partition coefficient (Wildman–Crippen LogP) is 2.62. The molecule has 1 atom stereocenters. The summed E-state index contributed by atoms with van der Waals surface area (Å²) in [7, 11) is 3.54. The third kappa shape index (κ3) is 3.90. The van der Waals surface area contributed by atoms with E-state index in [-0.39, 0.29) is 23.8 Å². The average molecular weight is 446 g/mol. The van der Waals surface area contributed by atoms with Crippen LogP contribution in [0.5, 0.6) is 0 Å². The smallest absolute Gasteiger partial charge is 0.333 e. The van der Waals surface area contributed by atoms with Gasteiger partial charge in [-0.3, -0.25) is 13.9 Å². The summed E-state index contributed by atoms with van der Waals surface area (Å²) in [5.74, 6) is 0.708. The first kappa shape index (κ1) is 21.6. The molecule has 31 heavy (non-hydrogen) atoms. The standard InChI is InChI=1S/C22H28ClN5O3/c1-4-11-27-19-18(25(2)21(24-19)26-12-5-6-17(26)14-31-3)20(29)28(22(27)30)13-15-7-9-16(23)10-8-15/h7-10,17H,4-6,11-14H2,1-3H3/t17-/m0/s1. The monoisotopic (exact) mass is 445 g/mol. The molecule has 166 valence electrons. The van der Waals surface area contributed by atoms with Crippen LogP contribution in [0.2, 0.25) is 5.02 Å². The Labute approximate surface area is 185 Å². The molecule has 8 nitrogen and oxygen atoms in total. The number of anilines is 1. The Morgan fingerprint density at radius 1 is 1.19 bits per heavy atom. The van der Waals surface area contributed by atoms with Crippen molar-refractivity contribution in [3.05, 3.63) is 55.7 Å². The van der Waals surface area contributed by atoms with Crippen LogP contribution in [0.25, 0.3) is 11.2 Å². The lowest BCUT2D eigenvalue weighted by Gasteiger charge is -2.24. The fraction of sp³-hybridized carbons (Fsp3) is 0.500. The van der Waals surface area contributed by atoms with Gasteiger partial charge in [-0.25, -0.2) is 4.79 Å². The van der Waals surface area contributed by atoms with Crippen LogP contribution >= 0.6 is 11.6 Å². The second kappa shape index (κ2) is 8.88. The number of methoxy groups -OCH3 is 1. The normalized spacial score (nSPS) is 16.5. The third-order valence-corrected chi connectivity index (χ3v) is 6.16. The van der Waals surface area contributed by atoms with Crippen LogP contribution in [-0.4, -0.2) is 45.0 Å². The van der Waals surface area contributed by atoms with E-state index in [0.717, 1.165) is 31.4 Å². The first-order chi connectivity index (χ1) is 15.0. The number of nitrogens with zero attached hydrogens (tertiary/aromatic N) is 5. The first-order valence-corrected chi connectivity index (χ1v) is 11.0. The van der Waals surface area contributed by atoms with Gasteiger partial charge >= 0.3 is 5.69 Å². The Morgan fingerprint density at radius 3 is 2.61 bits per heavy atom. The largest absolute Gasteiger partial charge is 0.383 e. The number of hydrogen-bond donors (Lipinski definition) is 0. The lowest BCUT2D eigenvalue weighted by Crippen LogP contribution is -2.40. The summed E-state index contributed by atoms with van der Waals surface area (Å²) < 4.78 is 10.1. The van der Waals surface area contributed by atoms with Crippen LogP contribution in [0.4, 0.5) is 5.95 Å². The molecule has 1 aliphatic heterocycles. The summed E-state index contributed by atoms with van der Waals surface area (Å²) >= 11 is 5.98. The van der Waals surface area contributed by atoms with Gasteiger partial charge in [-0.15, -0.1) is 0 Å². The van der Waals surface area contributed by atoms with Crippen molar-refractivity contribution >= 4 is 28.7 Å². The molecule has 0 aliphatic carbocycles. The minimum absolute atomic E-state index is 0.186. The maximum absolute atomic E-state index is 13.5. The van der Waals surface area contributed by atoms with Gasteiger partial charge in [0.15, 0.2) is 11.2 Å². The van der Waals surface area contributed by atoms with E-state index < -0.39 is 0 Å². The Balaban J connectivity index is 1.89. The molecule has 1 fully saturated rings. The van der Waals surface area contributed by atoms with Gasteiger partial charge in [0.2, 0.25) is 5.95 Å². The van der Waals surface area contributed by atoms with E-state index in [9.17, 15) is 9.59 Å². The van der Waals surface area contributed by atoms with E-state index in [0.29, 0.717) is 35.3 Å². The highest BCUT2D eigenvalue weighted by atomic mass is 35.5. The number of rotatable bonds is 7. The molecule has 0 saturated carbocycles. The fourth-order valence-electron chi connectivity index (χ4n) is 4.41. The van der Waals surface area contributed by atoms with Crippen LogP contribution in [0.15, 0.2) is 33.9 Å². The molecule has 4 rings (SSSR count). The molecular formula is C22H28ClN5O3. The molecule has 2 aromatic heterocycles. The summed E-state index contributed by atoms with van der Waals surface area (Å²) in [6.07, 6.45) is 2.81. The third-order valence-electron chi connectivity index (χ3n) is 5.91. The average Bonchev–Trinajstić information content (AvgIpc) is 3.34. The van der Waals surface area contributed by atoms with Gasteiger partial charge in [-0.1, -0.05) is 30.7 Å². The van der Waals surface area contributed by atoms with Gasteiger partial charge in [-0.05, 0) is 37.0 Å². The lowest BCUT2D eigenvalue weighted by atomic mass is 10.2. The van der Waals surface area contributed by atoms with Crippen molar-refractivity contribution in [1.82, 2.24) is 18.7 Å². The Hall–Kier alpha value is -2.58. The van der Waals surface area contributed by atoms with Crippen molar-refractivity contribution in [3.63, 3.8) is 0 Å². The van der Waals surface area contributed by atoms with Crippen molar-refractivity contribution in [2.75, 3.05) is 25.2 Å². The summed E-state index contributed by atoms with van der Waals surface area (Å²) in [5, 5.41) is 0.613. The highest BCUT2D eigenvalue weighted by molar-refractivity contribution is 6.30. The molecule has 3 aromatic rings. The Morgan fingerprint density at radius 2 is 1.94 bits per heavy atom. The molecule has 0 radical (unpaired) electrons. The number of aryl methyl sites for hydroxylation is 2. The van der Waals surface area contributed by atoms with E-state index in [1.54, 1.807) is 23.8 Å². The molecule has 1 saturated heterocycles. The maximum atomic E-state index is 13.5.